The fourth-order valence-corrected chi connectivity index (χ4v) is 3.73. The molecule has 10 heteroatoms. The van der Waals surface area contributed by atoms with Crippen molar-refractivity contribution in [3.05, 3.63) is 42.1 Å². The van der Waals surface area contributed by atoms with Crippen molar-refractivity contribution in [1.29, 1.82) is 0 Å². The predicted molar refractivity (Wildman–Crippen MR) is 129 cm³/mol. The maximum absolute atomic E-state index is 13.2. The molecule has 0 unspecified atom stereocenters. The van der Waals surface area contributed by atoms with Gasteiger partial charge in [-0.25, -0.2) is 4.79 Å². The number of nitrogens with zero attached hydrogens (tertiary/aromatic N) is 3. The summed E-state index contributed by atoms with van der Waals surface area (Å²) in [5.74, 6) is -0.301. The highest BCUT2D eigenvalue weighted by Gasteiger charge is 2.28. The van der Waals surface area contributed by atoms with Crippen LogP contribution in [0.15, 0.2) is 36.5 Å². The number of rotatable bonds is 3. The van der Waals surface area contributed by atoms with Crippen LogP contribution in [0, 0.1) is 0 Å². The number of nitrogens with one attached hydrogen (secondary N) is 2. The van der Waals surface area contributed by atoms with Gasteiger partial charge in [0.2, 0.25) is 0 Å². The second kappa shape index (κ2) is 8.53. The van der Waals surface area contributed by atoms with Crippen molar-refractivity contribution in [3.8, 4) is 0 Å². The second-order valence-corrected chi connectivity index (χ2v) is 9.08. The van der Waals surface area contributed by atoms with Gasteiger partial charge in [0.1, 0.15) is 5.60 Å². The summed E-state index contributed by atoms with van der Waals surface area (Å²) in [5, 5.41) is 10.8. The van der Waals surface area contributed by atoms with Crippen LogP contribution in [-0.2, 0) is 4.74 Å². The summed E-state index contributed by atoms with van der Waals surface area (Å²) in [7, 11) is 0. The standard InChI is InChI=1S/C23H29N7O3/c1-23(2,3)33-22(32)30-8-6-29(7-9-30)20-12-18(25)17(24)11-16(20)21(31)27-15-5-4-14-13-26-28-19(14)10-15/h4-5,10-13H,6-9,24-25H2,1-3H3,(H,26,28)(H,27,31). The third-order valence-corrected chi connectivity index (χ3v) is 5.42. The molecule has 0 saturated carbocycles. The summed E-state index contributed by atoms with van der Waals surface area (Å²) >= 11 is 0. The Balaban J connectivity index is 1.52. The number of nitrogens with two attached hydrogens (primary N) is 2. The quantitative estimate of drug-likeness (QED) is 0.448. The van der Waals surface area contributed by atoms with Crippen LogP contribution >= 0.6 is 0 Å². The molecule has 33 heavy (non-hydrogen) atoms. The summed E-state index contributed by atoms with van der Waals surface area (Å²) in [4.78, 5) is 29.3. The molecule has 2 heterocycles. The van der Waals surface area contributed by atoms with Gasteiger partial charge in [0.15, 0.2) is 0 Å². The number of hydrogen-bond acceptors (Lipinski definition) is 7. The Morgan fingerprint density at radius 3 is 2.45 bits per heavy atom. The second-order valence-electron chi connectivity index (χ2n) is 9.08. The van der Waals surface area contributed by atoms with Crippen LogP contribution in [0.1, 0.15) is 31.1 Å². The number of benzene rings is 2. The fourth-order valence-electron chi connectivity index (χ4n) is 3.73. The summed E-state index contributed by atoms with van der Waals surface area (Å²) in [6.45, 7) is 7.52. The number of carbonyl (C=O) groups is 2. The summed E-state index contributed by atoms with van der Waals surface area (Å²) in [5.41, 5.74) is 14.8. The molecule has 3 aromatic rings. The Morgan fingerprint density at radius 2 is 1.76 bits per heavy atom. The smallest absolute Gasteiger partial charge is 0.410 e. The van der Waals surface area contributed by atoms with Gasteiger partial charge < -0.3 is 31.3 Å². The molecule has 1 saturated heterocycles. The van der Waals surface area contributed by atoms with Gasteiger partial charge in [0.05, 0.1) is 34.3 Å². The van der Waals surface area contributed by atoms with E-state index in [4.69, 9.17) is 16.2 Å². The molecule has 174 valence electrons. The maximum atomic E-state index is 13.2. The lowest BCUT2D eigenvalue weighted by atomic mass is 10.1. The molecular formula is C23H29N7O3. The Hall–Kier alpha value is -3.95. The number of ether oxygens (including phenoxy) is 1. The highest BCUT2D eigenvalue weighted by atomic mass is 16.6. The summed E-state index contributed by atoms with van der Waals surface area (Å²) in [6, 6.07) is 8.82. The van der Waals surface area contributed by atoms with Gasteiger partial charge in [0.25, 0.3) is 5.91 Å². The number of carbonyl (C=O) groups excluding carboxylic acids is 2. The first-order valence-electron chi connectivity index (χ1n) is 10.8. The van der Waals surface area contributed by atoms with E-state index in [1.165, 1.54) is 0 Å². The molecular weight excluding hydrogens is 422 g/mol. The van der Waals surface area contributed by atoms with Crippen molar-refractivity contribution in [3.63, 3.8) is 0 Å². The molecule has 0 spiro atoms. The number of anilines is 4. The lowest BCUT2D eigenvalue weighted by Crippen LogP contribution is -2.50. The van der Waals surface area contributed by atoms with Crippen LogP contribution in [-0.4, -0.2) is 58.9 Å². The van der Waals surface area contributed by atoms with E-state index < -0.39 is 5.60 Å². The van der Waals surface area contributed by atoms with Gasteiger partial charge in [-0.15, -0.1) is 0 Å². The van der Waals surface area contributed by atoms with Crippen LogP contribution in [0.4, 0.5) is 27.5 Å². The lowest BCUT2D eigenvalue weighted by molar-refractivity contribution is 0.0240. The van der Waals surface area contributed by atoms with Crippen LogP contribution in [0.2, 0.25) is 0 Å². The topological polar surface area (TPSA) is 143 Å². The molecule has 1 aliphatic heterocycles. The summed E-state index contributed by atoms with van der Waals surface area (Å²) in [6.07, 6.45) is 1.38. The Labute approximate surface area is 191 Å². The normalized spacial score (nSPS) is 14.4. The first kappa shape index (κ1) is 22.3. The molecule has 0 atom stereocenters. The number of amides is 2. The van der Waals surface area contributed by atoms with E-state index in [0.29, 0.717) is 54.5 Å². The Kier molecular flexibility index (Phi) is 5.75. The van der Waals surface area contributed by atoms with Gasteiger partial charge in [-0.1, -0.05) is 0 Å². The average molecular weight is 452 g/mol. The first-order chi connectivity index (χ1) is 15.6. The van der Waals surface area contributed by atoms with Crippen LogP contribution < -0.4 is 21.7 Å². The minimum absolute atomic E-state index is 0.301. The third-order valence-electron chi connectivity index (χ3n) is 5.42. The Bertz CT molecular complexity index is 1190. The zero-order valence-electron chi connectivity index (χ0n) is 19.0. The van der Waals surface area contributed by atoms with Crippen molar-refractivity contribution in [2.75, 3.05) is 47.9 Å². The summed E-state index contributed by atoms with van der Waals surface area (Å²) < 4.78 is 5.47. The number of hydrogen-bond donors (Lipinski definition) is 4. The number of piperazine rings is 1. The van der Waals surface area contributed by atoms with Crippen molar-refractivity contribution in [1.82, 2.24) is 15.1 Å². The highest BCUT2D eigenvalue weighted by molar-refractivity contribution is 6.10. The largest absolute Gasteiger partial charge is 0.444 e. The minimum atomic E-state index is -0.552. The van der Waals surface area contributed by atoms with E-state index in [2.05, 4.69) is 15.5 Å². The van der Waals surface area contributed by atoms with E-state index in [-0.39, 0.29) is 12.0 Å². The van der Waals surface area contributed by atoms with Crippen molar-refractivity contribution >= 4 is 45.7 Å². The lowest BCUT2D eigenvalue weighted by Gasteiger charge is -2.37. The van der Waals surface area contributed by atoms with Gasteiger partial charge in [-0.3, -0.25) is 9.89 Å². The molecule has 2 aromatic carbocycles. The number of nitrogen functional groups attached to an aromatic ring is 2. The van der Waals surface area contributed by atoms with Gasteiger partial charge >= 0.3 is 6.09 Å². The fraction of sp³-hybridized carbons (Fsp3) is 0.348. The van der Waals surface area contributed by atoms with Crippen molar-refractivity contribution in [2.45, 2.75) is 26.4 Å². The third kappa shape index (κ3) is 4.94. The zero-order valence-corrected chi connectivity index (χ0v) is 19.0. The van der Waals surface area contributed by atoms with E-state index in [0.717, 1.165) is 10.9 Å². The van der Waals surface area contributed by atoms with Crippen molar-refractivity contribution in [2.24, 2.45) is 0 Å². The van der Waals surface area contributed by atoms with E-state index >= 15 is 0 Å². The number of fused-ring (bicyclic) bond motifs is 1. The van der Waals surface area contributed by atoms with E-state index in [9.17, 15) is 9.59 Å². The molecule has 1 aromatic heterocycles. The zero-order chi connectivity index (χ0) is 23.8. The molecule has 0 aliphatic carbocycles. The first-order valence-corrected chi connectivity index (χ1v) is 10.8. The molecule has 10 nitrogen and oxygen atoms in total. The molecule has 6 N–H and O–H groups in total. The molecule has 0 bridgehead atoms. The molecule has 0 radical (unpaired) electrons. The monoisotopic (exact) mass is 451 g/mol. The predicted octanol–water partition coefficient (Wildman–Crippen LogP) is 3.04. The van der Waals surface area contributed by atoms with Crippen LogP contribution in [0.25, 0.3) is 10.9 Å². The van der Waals surface area contributed by atoms with E-state index in [1.807, 2.05) is 43.9 Å². The van der Waals surface area contributed by atoms with Crippen molar-refractivity contribution < 1.29 is 14.3 Å². The van der Waals surface area contributed by atoms with Gasteiger partial charge in [0, 0.05) is 37.3 Å². The maximum Gasteiger partial charge on any atom is 0.410 e. The van der Waals surface area contributed by atoms with Gasteiger partial charge in [-0.05, 0) is 51.1 Å². The molecule has 2 amide bonds. The van der Waals surface area contributed by atoms with Crippen LogP contribution in [0.3, 0.4) is 0 Å². The Morgan fingerprint density at radius 1 is 1.06 bits per heavy atom. The SMILES string of the molecule is CC(C)(C)OC(=O)N1CCN(c2cc(N)c(N)cc2C(=O)Nc2ccc3cn[nH]c3c2)CC1. The van der Waals surface area contributed by atoms with Gasteiger partial charge in [-0.2, -0.15) is 5.10 Å². The molecule has 1 aliphatic rings. The number of aromatic nitrogens is 2. The average Bonchev–Trinajstić information content (AvgIpc) is 3.22. The highest BCUT2D eigenvalue weighted by Crippen LogP contribution is 2.30. The number of aromatic amines is 1. The molecule has 4 rings (SSSR count). The number of H-pyrrole nitrogens is 1. The minimum Gasteiger partial charge on any atom is -0.444 e. The molecule has 1 fully saturated rings. The van der Waals surface area contributed by atoms with Crippen LogP contribution in [0.5, 0.6) is 0 Å². The van der Waals surface area contributed by atoms with E-state index in [1.54, 1.807) is 23.2 Å².